The van der Waals surface area contributed by atoms with Gasteiger partial charge in [-0.3, -0.25) is 9.78 Å². The van der Waals surface area contributed by atoms with Crippen molar-refractivity contribution in [3.8, 4) is 0 Å². The van der Waals surface area contributed by atoms with E-state index in [0.717, 1.165) is 5.56 Å². The minimum Gasteiger partial charge on any atom is -0.467 e. The highest BCUT2D eigenvalue weighted by atomic mass is 16.5. The third-order valence-electron chi connectivity index (χ3n) is 3.09. The minimum absolute atomic E-state index is 0.160. The van der Waals surface area contributed by atoms with Gasteiger partial charge in [0, 0.05) is 12.6 Å². The predicted octanol–water partition coefficient (Wildman–Crippen LogP) is 1.30. The summed E-state index contributed by atoms with van der Waals surface area (Å²) in [7, 11) is 1.29. The van der Waals surface area contributed by atoms with Gasteiger partial charge in [-0.25, -0.2) is 9.78 Å². The average molecular weight is 299 g/mol. The third kappa shape index (κ3) is 4.12. The van der Waals surface area contributed by atoms with Crippen LogP contribution in [0.2, 0.25) is 0 Å². The molecule has 1 atom stereocenters. The first-order valence-corrected chi connectivity index (χ1v) is 6.81. The van der Waals surface area contributed by atoms with Gasteiger partial charge in [-0.15, -0.1) is 0 Å². The average Bonchev–Trinajstić information content (AvgIpc) is 2.55. The molecule has 0 aliphatic rings. The number of amides is 1. The number of aromatic nitrogens is 2. The largest absolute Gasteiger partial charge is 0.467 e. The van der Waals surface area contributed by atoms with Gasteiger partial charge in [0.05, 0.1) is 19.0 Å². The van der Waals surface area contributed by atoms with Crippen LogP contribution in [0.4, 0.5) is 0 Å². The molecule has 2 aromatic rings. The van der Waals surface area contributed by atoms with E-state index in [1.54, 1.807) is 6.92 Å². The highest BCUT2D eigenvalue weighted by Crippen LogP contribution is 2.05. The Morgan fingerprint density at radius 2 is 1.91 bits per heavy atom. The highest BCUT2D eigenvalue weighted by molar-refractivity contribution is 5.95. The fraction of sp³-hybridized carbons (Fsp3) is 0.250. The number of carbonyl (C=O) groups is 2. The molecule has 2 rings (SSSR count). The monoisotopic (exact) mass is 299 g/mol. The highest BCUT2D eigenvalue weighted by Gasteiger charge is 2.23. The molecule has 0 aliphatic carbocycles. The first-order valence-electron chi connectivity index (χ1n) is 6.81. The van der Waals surface area contributed by atoms with Gasteiger partial charge in [0.2, 0.25) is 0 Å². The van der Waals surface area contributed by atoms with Crippen LogP contribution in [0.1, 0.15) is 21.7 Å². The van der Waals surface area contributed by atoms with Crippen molar-refractivity contribution in [2.24, 2.45) is 0 Å². The minimum atomic E-state index is -0.775. The van der Waals surface area contributed by atoms with Crippen molar-refractivity contribution in [2.75, 3.05) is 7.11 Å². The fourth-order valence-electron chi connectivity index (χ4n) is 1.93. The fourth-order valence-corrected chi connectivity index (χ4v) is 1.93. The zero-order chi connectivity index (χ0) is 15.9. The number of rotatable bonds is 5. The Hall–Kier alpha value is -2.76. The van der Waals surface area contributed by atoms with Gasteiger partial charge >= 0.3 is 5.97 Å². The summed E-state index contributed by atoms with van der Waals surface area (Å²) in [6, 6.07) is 8.62. The van der Waals surface area contributed by atoms with Crippen LogP contribution in [0.15, 0.2) is 42.7 Å². The van der Waals surface area contributed by atoms with Crippen LogP contribution in [-0.4, -0.2) is 35.0 Å². The second-order valence-corrected chi connectivity index (χ2v) is 4.78. The van der Waals surface area contributed by atoms with Gasteiger partial charge in [-0.05, 0) is 12.5 Å². The van der Waals surface area contributed by atoms with E-state index in [-0.39, 0.29) is 5.69 Å². The lowest BCUT2D eigenvalue weighted by Crippen LogP contribution is -2.43. The maximum Gasteiger partial charge on any atom is 0.328 e. The van der Waals surface area contributed by atoms with Crippen molar-refractivity contribution in [1.29, 1.82) is 0 Å². The van der Waals surface area contributed by atoms with E-state index in [0.29, 0.717) is 12.1 Å². The molecule has 0 saturated carbocycles. The summed E-state index contributed by atoms with van der Waals surface area (Å²) >= 11 is 0. The second-order valence-electron chi connectivity index (χ2n) is 4.78. The van der Waals surface area contributed by atoms with Gasteiger partial charge in [0.15, 0.2) is 0 Å². The molecule has 1 heterocycles. The molecular weight excluding hydrogens is 282 g/mol. The Kier molecular flexibility index (Phi) is 5.19. The molecule has 1 amide bonds. The number of methoxy groups -OCH3 is 1. The number of hydrogen-bond donors (Lipinski definition) is 1. The number of carbonyl (C=O) groups excluding carboxylic acids is 2. The summed E-state index contributed by atoms with van der Waals surface area (Å²) in [4.78, 5) is 32.0. The number of nitrogens with zero attached hydrogens (tertiary/aromatic N) is 2. The van der Waals surface area contributed by atoms with E-state index >= 15 is 0 Å². The van der Waals surface area contributed by atoms with Crippen LogP contribution in [0.3, 0.4) is 0 Å². The lowest BCUT2D eigenvalue weighted by Gasteiger charge is -2.16. The first-order chi connectivity index (χ1) is 10.6. The Balaban J connectivity index is 2.11. The standard InChI is InChI=1S/C16H17N3O3/c1-11-9-18-14(10-17-11)15(20)19-13(16(21)22-2)8-12-6-4-3-5-7-12/h3-7,9-10,13H,8H2,1-2H3,(H,19,20)/t13-/m0/s1. The summed E-state index contributed by atoms with van der Waals surface area (Å²) in [5.74, 6) is -0.962. The Labute approximate surface area is 128 Å². The van der Waals surface area contributed by atoms with Crippen molar-refractivity contribution in [3.05, 3.63) is 59.7 Å². The molecule has 0 fully saturated rings. The van der Waals surface area contributed by atoms with Crippen LogP contribution in [0.5, 0.6) is 0 Å². The molecule has 22 heavy (non-hydrogen) atoms. The van der Waals surface area contributed by atoms with E-state index < -0.39 is 17.9 Å². The summed E-state index contributed by atoms with van der Waals surface area (Å²) in [5, 5.41) is 2.64. The van der Waals surface area contributed by atoms with Crippen LogP contribution >= 0.6 is 0 Å². The lowest BCUT2D eigenvalue weighted by molar-refractivity contribution is -0.142. The Morgan fingerprint density at radius 1 is 1.18 bits per heavy atom. The summed E-state index contributed by atoms with van der Waals surface area (Å²) < 4.78 is 4.75. The van der Waals surface area contributed by atoms with Gasteiger partial charge in [-0.1, -0.05) is 30.3 Å². The van der Waals surface area contributed by atoms with E-state index in [2.05, 4.69) is 15.3 Å². The first kappa shape index (κ1) is 15.6. The molecule has 0 aliphatic heterocycles. The lowest BCUT2D eigenvalue weighted by atomic mass is 10.1. The second kappa shape index (κ2) is 7.31. The molecule has 0 radical (unpaired) electrons. The molecule has 1 N–H and O–H groups in total. The number of nitrogens with one attached hydrogen (secondary N) is 1. The number of esters is 1. The zero-order valence-corrected chi connectivity index (χ0v) is 12.4. The molecule has 0 unspecified atom stereocenters. The zero-order valence-electron chi connectivity index (χ0n) is 12.4. The van der Waals surface area contributed by atoms with E-state index in [9.17, 15) is 9.59 Å². The van der Waals surface area contributed by atoms with Crippen molar-refractivity contribution in [1.82, 2.24) is 15.3 Å². The summed E-state index contributed by atoms with van der Waals surface area (Å²) in [6.45, 7) is 1.78. The molecule has 114 valence electrons. The van der Waals surface area contributed by atoms with E-state index in [1.807, 2.05) is 30.3 Å². The smallest absolute Gasteiger partial charge is 0.328 e. The van der Waals surface area contributed by atoms with E-state index in [1.165, 1.54) is 19.5 Å². The maximum atomic E-state index is 12.2. The molecule has 0 spiro atoms. The molecule has 6 nitrogen and oxygen atoms in total. The quantitative estimate of drug-likeness (QED) is 0.842. The van der Waals surface area contributed by atoms with Crippen LogP contribution in [-0.2, 0) is 16.0 Å². The van der Waals surface area contributed by atoms with Crippen LogP contribution in [0.25, 0.3) is 0 Å². The number of benzene rings is 1. The van der Waals surface area contributed by atoms with Gasteiger partial charge < -0.3 is 10.1 Å². The Bertz CT molecular complexity index is 641. The number of hydrogen-bond acceptors (Lipinski definition) is 5. The van der Waals surface area contributed by atoms with Gasteiger partial charge in [0.1, 0.15) is 11.7 Å². The number of ether oxygens (including phenoxy) is 1. The Morgan fingerprint density at radius 3 is 2.50 bits per heavy atom. The topological polar surface area (TPSA) is 81.2 Å². The van der Waals surface area contributed by atoms with Gasteiger partial charge in [-0.2, -0.15) is 0 Å². The van der Waals surface area contributed by atoms with Crippen molar-refractivity contribution in [3.63, 3.8) is 0 Å². The third-order valence-corrected chi connectivity index (χ3v) is 3.09. The van der Waals surface area contributed by atoms with Crippen LogP contribution < -0.4 is 5.32 Å². The van der Waals surface area contributed by atoms with Crippen LogP contribution in [0, 0.1) is 6.92 Å². The SMILES string of the molecule is COC(=O)[C@H](Cc1ccccc1)NC(=O)c1cnc(C)cn1. The van der Waals surface area contributed by atoms with Crippen molar-refractivity contribution >= 4 is 11.9 Å². The van der Waals surface area contributed by atoms with E-state index in [4.69, 9.17) is 4.74 Å². The predicted molar refractivity (Wildman–Crippen MR) is 80.2 cm³/mol. The molecule has 6 heteroatoms. The van der Waals surface area contributed by atoms with Crippen molar-refractivity contribution in [2.45, 2.75) is 19.4 Å². The van der Waals surface area contributed by atoms with Crippen molar-refractivity contribution < 1.29 is 14.3 Å². The summed E-state index contributed by atoms with van der Waals surface area (Å²) in [6.07, 6.45) is 3.22. The normalized spacial score (nSPS) is 11.5. The molecule has 0 saturated heterocycles. The summed E-state index contributed by atoms with van der Waals surface area (Å²) in [5.41, 5.74) is 1.80. The molecular formula is C16H17N3O3. The number of aryl methyl sites for hydroxylation is 1. The molecule has 1 aromatic carbocycles. The maximum absolute atomic E-state index is 12.2. The molecule has 1 aromatic heterocycles. The molecule has 0 bridgehead atoms. The van der Waals surface area contributed by atoms with Gasteiger partial charge in [0.25, 0.3) is 5.91 Å².